The van der Waals surface area contributed by atoms with Crippen molar-refractivity contribution < 1.29 is 0 Å². The predicted octanol–water partition coefficient (Wildman–Crippen LogP) is 3.47. The number of rotatable bonds is 6. The largest absolute Gasteiger partial charge is 0.370 e. The van der Waals surface area contributed by atoms with E-state index in [2.05, 4.69) is 66.1 Å². The highest BCUT2D eigenvalue weighted by Gasteiger charge is 2.03. The molecule has 2 rings (SSSR count). The SMILES string of the molecule is CCN(CC)c1ccc(CN=C(N)Nc2cc(C)cc(C)c2)cn1. The van der Waals surface area contributed by atoms with Crippen molar-refractivity contribution in [2.45, 2.75) is 34.2 Å². The van der Waals surface area contributed by atoms with Gasteiger partial charge in [0, 0.05) is 25.0 Å². The van der Waals surface area contributed by atoms with E-state index >= 15 is 0 Å². The first-order valence-corrected chi connectivity index (χ1v) is 8.37. The molecule has 0 aliphatic heterocycles. The van der Waals surface area contributed by atoms with Crippen molar-refractivity contribution in [3.8, 4) is 0 Å². The first kappa shape index (κ1) is 17.8. The molecule has 0 saturated carbocycles. The van der Waals surface area contributed by atoms with Gasteiger partial charge in [0.25, 0.3) is 0 Å². The second kappa shape index (κ2) is 8.34. The van der Waals surface area contributed by atoms with Crippen LogP contribution >= 0.6 is 0 Å². The topological polar surface area (TPSA) is 66.5 Å². The molecule has 1 heterocycles. The van der Waals surface area contributed by atoms with Crippen molar-refractivity contribution in [2.75, 3.05) is 23.3 Å². The monoisotopic (exact) mass is 325 g/mol. The van der Waals surface area contributed by atoms with Crippen LogP contribution in [0.5, 0.6) is 0 Å². The maximum atomic E-state index is 5.99. The van der Waals surface area contributed by atoms with Crippen molar-refractivity contribution in [2.24, 2.45) is 10.7 Å². The minimum absolute atomic E-state index is 0.410. The minimum Gasteiger partial charge on any atom is -0.370 e. The zero-order valence-electron chi connectivity index (χ0n) is 15.0. The molecule has 0 saturated heterocycles. The second-order valence-corrected chi connectivity index (χ2v) is 5.90. The average molecular weight is 325 g/mol. The number of hydrogen-bond donors (Lipinski definition) is 2. The molecule has 0 unspecified atom stereocenters. The van der Waals surface area contributed by atoms with Gasteiger partial charge in [-0.2, -0.15) is 0 Å². The van der Waals surface area contributed by atoms with E-state index in [1.165, 1.54) is 11.1 Å². The zero-order chi connectivity index (χ0) is 17.5. The van der Waals surface area contributed by atoms with E-state index < -0.39 is 0 Å². The highest BCUT2D eigenvalue weighted by Crippen LogP contribution is 2.14. The van der Waals surface area contributed by atoms with Gasteiger partial charge < -0.3 is 16.0 Å². The van der Waals surface area contributed by atoms with Crippen molar-refractivity contribution in [1.82, 2.24) is 4.98 Å². The van der Waals surface area contributed by atoms with Crippen molar-refractivity contribution in [3.05, 3.63) is 53.2 Å². The smallest absolute Gasteiger partial charge is 0.193 e. The molecule has 5 nitrogen and oxygen atoms in total. The molecule has 0 amide bonds. The van der Waals surface area contributed by atoms with E-state index in [1.54, 1.807) is 0 Å². The molecule has 0 aliphatic rings. The maximum absolute atomic E-state index is 5.99. The van der Waals surface area contributed by atoms with Gasteiger partial charge in [0.2, 0.25) is 0 Å². The van der Waals surface area contributed by atoms with Crippen LogP contribution in [0, 0.1) is 13.8 Å². The number of nitrogens with two attached hydrogens (primary N) is 1. The van der Waals surface area contributed by atoms with Gasteiger partial charge in [0.05, 0.1) is 6.54 Å². The first-order valence-electron chi connectivity index (χ1n) is 8.37. The molecule has 0 atom stereocenters. The molecule has 5 heteroatoms. The number of nitrogens with one attached hydrogen (secondary N) is 1. The first-order chi connectivity index (χ1) is 11.5. The summed E-state index contributed by atoms with van der Waals surface area (Å²) in [6.45, 7) is 10.8. The number of aliphatic imine (C=N–C) groups is 1. The van der Waals surface area contributed by atoms with Gasteiger partial charge in [-0.25, -0.2) is 9.98 Å². The lowest BCUT2D eigenvalue weighted by Crippen LogP contribution is -2.23. The predicted molar refractivity (Wildman–Crippen MR) is 103 cm³/mol. The van der Waals surface area contributed by atoms with Gasteiger partial charge in [-0.05, 0) is 62.6 Å². The quantitative estimate of drug-likeness (QED) is 0.630. The van der Waals surface area contributed by atoms with Crippen LogP contribution in [0.3, 0.4) is 0 Å². The molecular weight excluding hydrogens is 298 g/mol. The van der Waals surface area contributed by atoms with E-state index in [-0.39, 0.29) is 0 Å². The Labute approximate surface area is 144 Å². The van der Waals surface area contributed by atoms with Crippen LogP contribution in [0.15, 0.2) is 41.5 Å². The fraction of sp³-hybridized carbons (Fsp3) is 0.368. The third-order valence-corrected chi connectivity index (χ3v) is 3.82. The summed E-state index contributed by atoms with van der Waals surface area (Å²) in [5, 5.41) is 3.14. The summed E-state index contributed by atoms with van der Waals surface area (Å²) >= 11 is 0. The maximum Gasteiger partial charge on any atom is 0.193 e. The van der Waals surface area contributed by atoms with Crippen LogP contribution in [0.4, 0.5) is 11.5 Å². The highest BCUT2D eigenvalue weighted by molar-refractivity contribution is 5.92. The van der Waals surface area contributed by atoms with E-state index in [4.69, 9.17) is 5.73 Å². The van der Waals surface area contributed by atoms with Crippen LogP contribution in [-0.2, 0) is 6.54 Å². The minimum atomic E-state index is 0.410. The number of hydrogen-bond acceptors (Lipinski definition) is 3. The van der Waals surface area contributed by atoms with Crippen molar-refractivity contribution in [1.29, 1.82) is 0 Å². The van der Waals surface area contributed by atoms with Gasteiger partial charge in [0.1, 0.15) is 5.82 Å². The van der Waals surface area contributed by atoms with Gasteiger partial charge in [-0.3, -0.25) is 0 Å². The van der Waals surface area contributed by atoms with Crippen LogP contribution in [0.2, 0.25) is 0 Å². The standard InChI is InChI=1S/C19H27N5/c1-5-24(6-2)18-8-7-16(12-21-18)13-22-19(20)23-17-10-14(3)9-15(4)11-17/h7-12H,5-6,13H2,1-4H3,(H3,20,22,23). The Morgan fingerprint density at radius 1 is 1.12 bits per heavy atom. The Hall–Kier alpha value is -2.56. The summed E-state index contributed by atoms with van der Waals surface area (Å²) in [5.41, 5.74) is 10.4. The van der Waals surface area contributed by atoms with Crippen LogP contribution in [0.1, 0.15) is 30.5 Å². The molecule has 3 N–H and O–H groups in total. The third kappa shape index (κ3) is 4.98. The molecule has 1 aromatic carbocycles. The summed E-state index contributed by atoms with van der Waals surface area (Å²) in [5.74, 6) is 1.40. The Bertz CT molecular complexity index is 667. The van der Waals surface area contributed by atoms with E-state index in [9.17, 15) is 0 Å². The van der Waals surface area contributed by atoms with E-state index in [0.717, 1.165) is 30.2 Å². The van der Waals surface area contributed by atoms with E-state index in [0.29, 0.717) is 12.5 Å². The summed E-state index contributed by atoms with van der Waals surface area (Å²) in [7, 11) is 0. The molecule has 1 aromatic heterocycles. The van der Waals surface area contributed by atoms with Crippen molar-refractivity contribution >= 4 is 17.5 Å². The number of nitrogens with zero attached hydrogens (tertiary/aromatic N) is 3. The fourth-order valence-corrected chi connectivity index (χ4v) is 2.66. The normalized spacial score (nSPS) is 11.4. The number of benzene rings is 1. The molecule has 0 bridgehead atoms. The second-order valence-electron chi connectivity index (χ2n) is 5.90. The average Bonchev–Trinajstić information content (AvgIpc) is 2.54. The van der Waals surface area contributed by atoms with Crippen LogP contribution in [0.25, 0.3) is 0 Å². The number of guanidine groups is 1. The Morgan fingerprint density at radius 3 is 2.33 bits per heavy atom. The van der Waals surface area contributed by atoms with Gasteiger partial charge in [-0.15, -0.1) is 0 Å². The lowest BCUT2D eigenvalue weighted by molar-refractivity contribution is 0.843. The molecule has 128 valence electrons. The lowest BCUT2D eigenvalue weighted by Gasteiger charge is -2.19. The highest BCUT2D eigenvalue weighted by atomic mass is 15.2. The molecule has 0 aliphatic carbocycles. The summed E-state index contributed by atoms with van der Waals surface area (Å²) in [4.78, 5) is 11.1. The summed E-state index contributed by atoms with van der Waals surface area (Å²) < 4.78 is 0. The Morgan fingerprint density at radius 2 is 1.79 bits per heavy atom. The number of aryl methyl sites for hydroxylation is 2. The van der Waals surface area contributed by atoms with Crippen LogP contribution in [-0.4, -0.2) is 24.0 Å². The Kier molecular flexibility index (Phi) is 6.18. The lowest BCUT2D eigenvalue weighted by atomic mass is 10.1. The van der Waals surface area contributed by atoms with Gasteiger partial charge in [-0.1, -0.05) is 12.1 Å². The number of aromatic nitrogens is 1. The van der Waals surface area contributed by atoms with E-state index in [1.807, 2.05) is 18.3 Å². The van der Waals surface area contributed by atoms with Gasteiger partial charge in [0.15, 0.2) is 5.96 Å². The fourth-order valence-electron chi connectivity index (χ4n) is 2.66. The summed E-state index contributed by atoms with van der Waals surface area (Å²) in [6.07, 6.45) is 1.86. The Balaban J connectivity index is 1.99. The third-order valence-electron chi connectivity index (χ3n) is 3.82. The number of pyridine rings is 1. The molecule has 0 fully saturated rings. The molecule has 2 aromatic rings. The van der Waals surface area contributed by atoms with Gasteiger partial charge >= 0.3 is 0 Å². The molecule has 0 spiro atoms. The zero-order valence-corrected chi connectivity index (χ0v) is 15.0. The summed E-state index contributed by atoms with van der Waals surface area (Å²) in [6, 6.07) is 10.3. The molecular formula is C19H27N5. The van der Waals surface area contributed by atoms with Crippen molar-refractivity contribution in [3.63, 3.8) is 0 Å². The molecule has 24 heavy (non-hydrogen) atoms. The number of anilines is 2. The molecule has 0 radical (unpaired) electrons. The van der Waals surface area contributed by atoms with Crippen LogP contribution < -0.4 is 16.0 Å².